The molecule has 19 heavy (non-hydrogen) atoms. The van der Waals surface area contributed by atoms with Gasteiger partial charge in [0.1, 0.15) is 0 Å². The van der Waals surface area contributed by atoms with Gasteiger partial charge in [0.05, 0.1) is 10.9 Å². The van der Waals surface area contributed by atoms with E-state index in [9.17, 15) is 4.79 Å². The number of amides is 1. The molecule has 1 unspecified atom stereocenters. The highest BCUT2D eigenvalue weighted by Gasteiger charge is 2.35. The summed E-state index contributed by atoms with van der Waals surface area (Å²) in [6.07, 6.45) is 1.80. The van der Waals surface area contributed by atoms with Crippen LogP contribution in [-0.2, 0) is 9.53 Å². The summed E-state index contributed by atoms with van der Waals surface area (Å²) in [4.78, 5) is 15.6. The first kappa shape index (κ1) is 12.8. The van der Waals surface area contributed by atoms with E-state index in [4.69, 9.17) is 10.5 Å². The Balaban J connectivity index is 2.01. The molecule has 1 aromatic rings. The van der Waals surface area contributed by atoms with Gasteiger partial charge < -0.3 is 15.4 Å². The van der Waals surface area contributed by atoms with Crippen LogP contribution in [0.3, 0.4) is 0 Å². The molecule has 2 heterocycles. The Kier molecular flexibility index (Phi) is 3.41. The maximum atomic E-state index is 12.5. The first-order valence-electron chi connectivity index (χ1n) is 6.64. The lowest BCUT2D eigenvalue weighted by molar-refractivity contribution is -0.118. The molecule has 102 valence electrons. The Morgan fingerprint density at radius 1 is 1.37 bits per heavy atom. The highest BCUT2D eigenvalue weighted by molar-refractivity contribution is 8.01. The number of nitrogens with two attached hydrogens (primary N) is 1. The van der Waals surface area contributed by atoms with E-state index in [-0.39, 0.29) is 17.2 Å². The molecule has 3 rings (SSSR count). The van der Waals surface area contributed by atoms with E-state index in [1.807, 2.05) is 30.0 Å². The predicted molar refractivity (Wildman–Crippen MR) is 77.5 cm³/mol. The Labute approximate surface area is 117 Å². The first-order valence-corrected chi connectivity index (χ1v) is 7.52. The molecule has 1 fully saturated rings. The second-order valence-corrected chi connectivity index (χ2v) is 6.42. The Morgan fingerprint density at radius 2 is 2.11 bits per heavy atom. The number of hydrogen-bond donors (Lipinski definition) is 1. The quantitative estimate of drug-likeness (QED) is 0.801. The molecule has 4 nitrogen and oxygen atoms in total. The van der Waals surface area contributed by atoms with Gasteiger partial charge in [-0.2, -0.15) is 0 Å². The van der Waals surface area contributed by atoms with Gasteiger partial charge in [0, 0.05) is 29.8 Å². The molecule has 0 aliphatic carbocycles. The van der Waals surface area contributed by atoms with Gasteiger partial charge >= 0.3 is 0 Å². The van der Waals surface area contributed by atoms with E-state index in [0.717, 1.165) is 36.6 Å². The fourth-order valence-electron chi connectivity index (χ4n) is 2.70. The van der Waals surface area contributed by atoms with Crippen molar-refractivity contribution in [3.05, 3.63) is 18.2 Å². The molecular formula is C14H18N2O2S. The Bertz CT molecular complexity index is 500. The van der Waals surface area contributed by atoms with Crippen LogP contribution >= 0.6 is 11.8 Å². The second kappa shape index (κ2) is 5.06. The van der Waals surface area contributed by atoms with Crippen molar-refractivity contribution >= 4 is 29.0 Å². The third-order valence-electron chi connectivity index (χ3n) is 3.69. The molecule has 1 saturated heterocycles. The molecular weight excluding hydrogens is 260 g/mol. The summed E-state index contributed by atoms with van der Waals surface area (Å²) in [5, 5.41) is -0.0287. The molecule has 0 bridgehead atoms. The lowest BCUT2D eigenvalue weighted by atomic mass is 10.0. The van der Waals surface area contributed by atoms with Gasteiger partial charge in [0.2, 0.25) is 5.91 Å². The fourth-order valence-corrected chi connectivity index (χ4v) is 3.72. The van der Waals surface area contributed by atoms with Crippen LogP contribution < -0.4 is 10.6 Å². The van der Waals surface area contributed by atoms with Crippen LogP contribution in [0.15, 0.2) is 23.1 Å². The van der Waals surface area contributed by atoms with Crippen molar-refractivity contribution in [3.8, 4) is 0 Å². The third-order valence-corrected chi connectivity index (χ3v) is 4.84. The molecule has 2 aliphatic rings. The molecule has 0 saturated carbocycles. The third kappa shape index (κ3) is 2.32. The zero-order chi connectivity index (χ0) is 13.4. The van der Waals surface area contributed by atoms with Crippen LogP contribution in [0.25, 0.3) is 0 Å². The number of carbonyl (C=O) groups excluding carboxylic acids is 1. The number of fused-ring (bicyclic) bond motifs is 1. The minimum atomic E-state index is -0.0287. The first-order chi connectivity index (χ1) is 9.16. The molecule has 0 radical (unpaired) electrons. The summed E-state index contributed by atoms with van der Waals surface area (Å²) in [7, 11) is 0. The maximum absolute atomic E-state index is 12.5. The molecule has 1 amide bonds. The van der Waals surface area contributed by atoms with E-state index in [1.54, 1.807) is 11.8 Å². The summed E-state index contributed by atoms with van der Waals surface area (Å²) in [5.41, 5.74) is 7.56. The van der Waals surface area contributed by atoms with Crippen LogP contribution in [0.5, 0.6) is 0 Å². The SMILES string of the molecule is CC1Sc2ccc(N)cc2N(C2CCOCC2)C1=O. The highest BCUT2D eigenvalue weighted by atomic mass is 32.2. The second-order valence-electron chi connectivity index (χ2n) is 5.04. The van der Waals surface area contributed by atoms with E-state index in [2.05, 4.69) is 0 Å². The molecule has 5 heteroatoms. The topological polar surface area (TPSA) is 55.6 Å². The molecule has 2 aliphatic heterocycles. The van der Waals surface area contributed by atoms with Crippen molar-refractivity contribution < 1.29 is 9.53 Å². The summed E-state index contributed by atoms with van der Waals surface area (Å²) in [6, 6.07) is 6.08. The largest absolute Gasteiger partial charge is 0.399 e. The number of nitrogen functional groups attached to an aromatic ring is 1. The summed E-state index contributed by atoms with van der Waals surface area (Å²) >= 11 is 1.62. The normalized spacial score (nSPS) is 24.4. The van der Waals surface area contributed by atoms with Gasteiger partial charge in [-0.1, -0.05) is 0 Å². The standard InChI is InChI=1S/C14H18N2O2S/c1-9-14(17)16(11-4-6-18-7-5-11)12-8-10(15)2-3-13(12)19-9/h2-3,8-9,11H,4-7,15H2,1H3. The summed E-state index contributed by atoms with van der Waals surface area (Å²) < 4.78 is 5.40. The van der Waals surface area contributed by atoms with Gasteiger partial charge in [0.25, 0.3) is 0 Å². The Hall–Kier alpha value is -1.20. The molecule has 0 aromatic heterocycles. The maximum Gasteiger partial charge on any atom is 0.240 e. The van der Waals surface area contributed by atoms with Crippen molar-refractivity contribution in [1.29, 1.82) is 0 Å². The van der Waals surface area contributed by atoms with E-state index < -0.39 is 0 Å². The number of rotatable bonds is 1. The zero-order valence-electron chi connectivity index (χ0n) is 11.0. The zero-order valence-corrected chi connectivity index (χ0v) is 11.8. The van der Waals surface area contributed by atoms with Crippen molar-refractivity contribution in [1.82, 2.24) is 0 Å². The molecule has 2 N–H and O–H groups in total. The minimum absolute atomic E-state index is 0.0287. The number of anilines is 2. The van der Waals surface area contributed by atoms with Crippen LogP contribution in [0.1, 0.15) is 19.8 Å². The number of hydrogen-bond acceptors (Lipinski definition) is 4. The summed E-state index contributed by atoms with van der Waals surface area (Å²) in [6.45, 7) is 3.43. The highest BCUT2D eigenvalue weighted by Crippen LogP contribution is 2.42. The van der Waals surface area contributed by atoms with Gasteiger partial charge in [-0.05, 0) is 38.0 Å². The van der Waals surface area contributed by atoms with Crippen molar-refractivity contribution in [2.45, 2.75) is 36.0 Å². The number of ether oxygens (including phenoxy) is 1. The number of thioether (sulfide) groups is 1. The van der Waals surface area contributed by atoms with Crippen molar-refractivity contribution in [3.63, 3.8) is 0 Å². The lowest BCUT2D eigenvalue weighted by Crippen LogP contribution is -2.48. The van der Waals surface area contributed by atoms with Gasteiger partial charge in [-0.25, -0.2) is 0 Å². The minimum Gasteiger partial charge on any atom is -0.399 e. The smallest absolute Gasteiger partial charge is 0.240 e. The Morgan fingerprint density at radius 3 is 2.84 bits per heavy atom. The van der Waals surface area contributed by atoms with Gasteiger partial charge in [0.15, 0.2) is 0 Å². The van der Waals surface area contributed by atoms with E-state index in [0.29, 0.717) is 5.69 Å². The number of carbonyl (C=O) groups is 1. The average molecular weight is 278 g/mol. The van der Waals surface area contributed by atoms with Crippen molar-refractivity contribution in [2.24, 2.45) is 0 Å². The van der Waals surface area contributed by atoms with Crippen LogP contribution in [0.4, 0.5) is 11.4 Å². The lowest BCUT2D eigenvalue weighted by Gasteiger charge is -2.39. The van der Waals surface area contributed by atoms with Crippen LogP contribution in [0, 0.1) is 0 Å². The summed E-state index contributed by atoms with van der Waals surface area (Å²) in [5.74, 6) is 0.190. The van der Waals surface area contributed by atoms with E-state index >= 15 is 0 Å². The van der Waals surface area contributed by atoms with E-state index in [1.165, 1.54) is 0 Å². The fraction of sp³-hybridized carbons (Fsp3) is 0.500. The number of benzene rings is 1. The predicted octanol–water partition coefficient (Wildman–Crippen LogP) is 2.28. The van der Waals surface area contributed by atoms with Gasteiger partial charge in [-0.3, -0.25) is 4.79 Å². The van der Waals surface area contributed by atoms with Crippen molar-refractivity contribution in [2.75, 3.05) is 23.8 Å². The van der Waals surface area contributed by atoms with Gasteiger partial charge in [-0.15, -0.1) is 11.8 Å². The van der Waals surface area contributed by atoms with Crippen LogP contribution in [-0.4, -0.2) is 30.4 Å². The van der Waals surface area contributed by atoms with Crippen LogP contribution in [0.2, 0.25) is 0 Å². The average Bonchev–Trinajstić information content (AvgIpc) is 2.42. The molecule has 0 spiro atoms. The molecule has 1 aromatic carbocycles. The monoisotopic (exact) mass is 278 g/mol. The molecule has 1 atom stereocenters. The number of nitrogens with zero attached hydrogens (tertiary/aromatic N) is 1.